The van der Waals surface area contributed by atoms with E-state index in [2.05, 4.69) is 30.2 Å². The summed E-state index contributed by atoms with van der Waals surface area (Å²) in [7, 11) is 0. The number of halogens is 2. The molecule has 0 bridgehead atoms. The van der Waals surface area contributed by atoms with E-state index in [-0.39, 0.29) is 5.95 Å². The predicted octanol–water partition coefficient (Wildman–Crippen LogP) is 6.14. The van der Waals surface area contributed by atoms with Crippen molar-refractivity contribution >= 4 is 35.4 Å². The van der Waals surface area contributed by atoms with Gasteiger partial charge in [-0.25, -0.2) is 4.98 Å². The number of aryl methyl sites for hydroxylation is 3. The highest BCUT2D eigenvalue weighted by atomic mass is 19.2. The number of benzene rings is 2. The van der Waals surface area contributed by atoms with Gasteiger partial charge in [-0.05, 0) is 66.9 Å². The SMILES string of the molecule is CC1=CC(C)=[N+]2C1=C(c1ccc(OCCCn3cc(COCc4ccc(COc5nc(N)nc6nc[nH]c56)cc4)nn3)cc1)c1c(C)cc(C)n1[B-]2(F)F. The van der Waals surface area contributed by atoms with E-state index in [4.69, 9.17) is 19.9 Å². The van der Waals surface area contributed by atoms with Crippen molar-refractivity contribution in [1.82, 2.24) is 39.4 Å². The zero-order valence-corrected chi connectivity index (χ0v) is 30.4. The number of anilines is 1. The molecule has 2 aromatic carbocycles. The smallest absolute Gasteiger partial charge is 0.494 e. The summed E-state index contributed by atoms with van der Waals surface area (Å²) >= 11 is 0. The predicted molar refractivity (Wildman–Crippen MR) is 200 cm³/mol. The highest BCUT2D eigenvalue weighted by molar-refractivity contribution is 6.58. The zero-order chi connectivity index (χ0) is 37.6. The topological polar surface area (TPSA) is 147 Å². The molecule has 4 aromatic heterocycles. The molecule has 13 nitrogen and oxygen atoms in total. The Morgan fingerprint density at radius 2 is 1.69 bits per heavy atom. The fraction of sp³-hybridized carbons (Fsp3) is 0.263. The lowest BCUT2D eigenvalue weighted by Crippen LogP contribution is -2.51. The number of nitrogens with one attached hydrogen (secondary N) is 1. The average Bonchev–Trinajstić information content (AvgIpc) is 3.93. The first-order valence-corrected chi connectivity index (χ1v) is 17.7. The van der Waals surface area contributed by atoms with E-state index < -0.39 is 6.97 Å². The largest absolute Gasteiger partial charge is 0.737 e. The molecule has 2 aliphatic rings. The molecule has 0 aliphatic carbocycles. The van der Waals surface area contributed by atoms with E-state index in [1.807, 2.05) is 80.7 Å². The number of nitrogen functional groups attached to an aromatic ring is 1. The van der Waals surface area contributed by atoms with Gasteiger partial charge in [-0.1, -0.05) is 41.6 Å². The molecule has 276 valence electrons. The third-order valence-corrected chi connectivity index (χ3v) is 9.65. The molecule has 0 atom stereocenters. The number of ether oxygens (including phenoxy) is 3. The minimum atomic E-state index is -4.01. The molecule has 0 spiro atoms. The van der Waals surface area contributed by atoms with Crippen LogP contribution in [-0.2, 0) is 31.1 Å². The van der Waals surface area contributed by atoms with Crippen LogP contribution in [-0.4, -0.2) is 63.2 Å². The van der Waals surface area contributed by atoms with Crippen LogP contribution in [0.3, 0.4) is 0 Å². The molecular weight excluding hydrogens is 693 g/mol. The zero-order valence-electron chi connectivity index (χ0n) is 30.4. The van der Waals surface area contributed by atoms with Crippen LogP contribution < -0.4 is 15.2 Å². The second kappa shape index (κ2) is 14.0. The maximum atomic E-state index is 15.9. The third-order valence-electron chi connectivity index (χ3n) is 9.65. The van der Waals surface area contributed by atoms with Gasteiger partial charge >= 0.3 is 6.97 Å². The van der Waals surface area contributed by atoms with Crippen molar-refractivity contribution in [3.63, 3.8) is 0 Å². The second-order valence-electron chi connectivity index (χ2n) is 13.6. The molecule has 2 aliphatic heterocycles. The van der Waals surface area contributed by atoms with E-state index >= 15 is 8.63 Å². The summed E-state index contributed by atoms with van der Waals surface area (Å²) in [6.45, 7) is 5.42. The summed E-state index contributed by atoms with van der Waals surface area (Å²) in [4.78, 5) is 15.3. The minimum Gasteiger partial charge on any atom is -0.494 e. The summed E-state index contributed by atoms with van der Waals surface area (Å²) in [5.74, 6) is 1.16. The van der Waals surface area contributed by atoms with Gasteiger partial charge in [-0.3, -0.25) is 4.68 Å². The van der Waals surface area contributed by atoms with Crippen LogP contribution in [0.1, 0.15) is 59.6 Å². The van der Waals surface area contributed by atoms with Gasteiger partial charge in [0.25, 0.3) is 0 Å². The molecule has 6 aromatic rings. The van der Waals surface area contributed by atoms with E-state index in [9.17, 15) is 0 Å². The molecule has 0 radical (unpaired) electrons. The highest BCUT2D eigenvalue weighted by Gasteiger charge is 2.55. The third kappa shape index (κ3) is 6.53. The van der Waals surface area contributed by atoms with Crippen molar-refractivity contribution in [3.05, 3.63) is 124 Å². The standard InChI is InChI=1S/C38H39BF2N10O3/c1-23-16-25(3)50-34(23)32(35-24(2)17-26(4)51(35)39(50,40)41)29-10-12-31(13-11-29)53-15-5-14-49-18-30(47-48-49)21-52-19-27-6-8-28(9-7-27)20-54-37-33-36(44-22-43-33)45-38(42)46-37/h6-13,16-18,22H,5,14-15,19-21H2,1-4H3,(H3,42,43,44,45,46). The fourth-order valence-corrected chi connectivity index (χ4v) is 7.30. The van der Waals surface area contributed by atoms with Gasteiger partial charge in [-0.2, -0.15) is 9.97 Å². The first-order valence-electron chi connectivity index (χ1n) is 17.7. The normalized spacial score (nSPS) is 14.8. The van der Waals surface area contributed by atoms with Crippen LogP contribution in [0.15, 0.2) is 84.5 Å². The van der Waals surface area contributed by atoms with E-state index in [1.54, 1.807) is 18.5 Å². The van der Waals surface area contributed by atoms with Gasteiger partial charge in [0, 0.05) is 37.2 Å². The number of H-pyrrole nitrogens is 1. The van der Waals surface area contributed by atoms with E-state index in [0.29, 0.717) is 85.0 Å². The quantitative estimate of drug-likeness (QED) is 0.106. The summed E-state index contributed by atoms with van der Waals surface area (Å²) in [5.41, 5.74) is 15.1. The Morgan fingerprint density at radius 3 is 2.46 bits per heavy atom. The number of rotatable bonds is 13. The molecule has 16 heteroatoms. The Labute approximate surface area is 309 Å². The van der Waals surface area contributed by atoms with Crippen molar-refractivity contribution < 1.29 is 27.3 Å². The number of fused-ring (bicyclic) bond motifs is 3. The van der Waals surface area contributed by atoms with Crippen molar-refractivity contribution in [3.8, 4) is 11.6 Å². The van der Waals surface area contributed by atoms with Gasteiger partial charge < -0.3 is 42.5 Å². The van der Waals surface area contributed by atoms with E-state index in [1.165, 1.54) is 15.3 Å². The number of nitrogens with zero attached hydrogens (tertiary/aromatic N) is 8. The second-order valence-corrected chi connectivity index (χ2v) is 13.6. The Kier molecular flexibility index (Phi) is 9.05. The van der Waals surface area contributed by atoms with Crippen LogP contribution >= 0.6 is 0 Å². The highest BCUT2D eigenvalue weighted by Crippen LogP contribution is 2.44. The van der Waals surface area contributed by atoms with Gasteiger partial charge in [0.1, 0.15) is 29.3 Å². The Balaban J connectivity index is 0.807. The maximum Gasteiger partial charge on any atom is 0.737 e. The number of imidazole rings is 1. The molecule has 0 saturated carbocycles. The Bertz CT molecular complexity index is 2460. The molecule has 0 saturated heterocycles. The molecule has 0 fully saturated rings. The van der Waals surface area contributed by atoms with Gasteiger partial charge in [0.2, 0.25) is 11.8 Å². The van der Waals surface area contributed by atoms with Gasteiger partial charge in [0.05, 0.1) is 37.9 Å². The monoisotopic (exact) mass is 732 g/mol. The molecule has 3 N–H and O–H groups in total. The van der Waals surface area contributed by atoms with Crippen LogP contribution in [0, 0.1) is 13.8 Å². The molecular formula is C38H39BF2N10O3. The summed E-state index contributed by atoms with van der Waals surface area (Å²) in [6.07, 6.45) is 5.94. The number of aromatic amines is 1. The van der Waals surface area contributed by atoms with Crippen molar-refractivity contribution in [2.45, 2.75) is 60.5 Å². The van der Waals surface area contributed by atoms with Crippen LogP contribution in [0.4, 0.5) is 14.6 Å². The van der Waals surface area contributed by atoms with Crippen LogP contribution in [0.25, 0.3) is 16.7 Å². The van der Waals surface area contributed by atoms with Crippen molar-refractivity contribution in [1.29, 1.82) is 0 Å². The maximum absolute atomic E-state index is 15.9. The molecule has 0 unspecified atom stereocenters. The van der Waals surface area contributed by atoms with Crippen LogP contribution in [0.2, 0.25) is 0 Å². The number of hydrogen-bond acceptors (Lipinski definition) is 9. The lowest BCUT2D eigenvalue weighted by Gasteiger charge is -2.34. The molecule has 0 amide bonds. The molecule has 8 rings (SSSR count). The minimum absolute atomic E-state index is 0.101. The molecule has 54 heavy (non-hydrogen) atoms. The van der Waals surface area contributed by atoms with Crippen molar-refractivity contribution in [2.24, 2.45) is 0 Å². The fourth-order valence-electron chi connectivity index (χ4n) is 7.30. The first kappa shape index (κ1) is 34.9. The lowest BCUT2D eigenvalue weighted by molar-refractivity contribution is -0.363. The van der Waals surface area contributed by atoms with Gasteiger partial charge in [-0.15, -0.1) is 5.10 Å². The summed E-state index contributed by atoms with van der Waals surface area (Å²) in [5, 5.41) is 8.47. The Hall–Kier alpha value is -6.16. The number of hydrogen-bond donors (Lipinski definition) is 2. The summed E-state index contributed by atoms with van der Waals surface area (Å²) in [6, 6.07) is 17.4. The number of nitrogens with two attached hydrogens (primary N) is 1. The Morgan fingerprint density at radius 1 is 0.926 bits per heavy atom. The van der Waals surface area contributed by atoms with Crippen molar-refractivity contribution in [2.75, 3.05) is 12.3 Å². The van der Waals surface area contributed by atoms with Crippen LogP contribution in [0.5, 0.6) is 11.6 Å². The average molecular weight is 733 g/mol. The molecule has 6 heterocycles. The van der Waals surface area contributed by atoms with E-state index in [0.717, 1.165) is 39.1 Å². The van der Waals surface area contributed by atoms with Gasteiger partial charge in [0.15, 0.2) is 11.3 Å². The first-order chi connectivity index (χ1) is 26.1. The summed E-state index contributed by atoms with van der Waals surface area (Å²) < 4.78 is 53.9. The number of allylic oxidation sites excluding steroid dienone is 2. The number of aromatic nitrogens is 8. The lowest BCUT2D eigenvalue weighted by atomic mass is 9.84.